The number of aliphatic hydroxyl groups is 2. The van der Waals surface area contributed by atoms with Crippen LogP contribution in [0.15, 0.2) is 4.99 Å². The van der Waals surface area contributed by atoms with E-state index in [2.05, 4.69) is 42.2 Å². The molecule has 0 aromatic heterocycles. The van der Waals surface area contributed by atoms with E-state index in [1.807, 2.05) is 0 Å². The van der Waals surface area contributed by atoms with Crippen molar-refractivity contribution >= 4 is 59.2 Å². The van der Waals surface area contributed by atoms with E-state index in [9.17, 15) is 63.6 Å². The largest absolute Gasteiger partial charge is 0.481 e. The van der Waals surface area contributed by atoms with Crippen molar-refractivity contribution in [2.45, 2.75) is 153 Å². The zero-order valence-electron chi connectivity index (χ0n) is 39.1. The van der Waals surface area contributed by atoms with Gasteiger partial charge < -0.3 is 86.3 Å². The number of carboxylic acid groups (broad SMARTS) is 2. The zero-order valence-corrected chi connectivity index (χ0v) is 39.1. The van der Waals surface area contributed by atoms with Gasteiger partial charge in [-0.2, -0.15) is 0 Å². The average Bonchev–Trinajstić information content (AvgIpc) is 3.26. The van der Waals surface area contributed by atoms with Crippen LogP contribution in [0.3, 0.4) is 0 Å². The number of hydrogen-bond donors (Lipinski definition) is 16. The second-order valence-electron chi connectivity index (χ2n) is 16.6. The first kappa shape index (κ1) is 61.3. The van der Waals surface area contributed by atoms with Gasteiger partial charge in [0.2, 0.25) is 41.4 Å². The van der Waals surface area contributed by atoms with E-state index < -0.39 is 134 Å². The van der Waals surface area contributed by atoms with Gasteiger partial charge in [-0.05, 0) is 82.7 Å². The van der Waals surface area contributed by atoms with Gasteiger partial charge in [-0.1, -0.05) is 40.5 Å². The number of nitrogens with two attached hydrogens (primary N) is 5. The summed E-state index contributed by atoms with van der Waals surface area (Å²) in [6.45, 7) is 5.64. The summed E-state index contributed by atoms with van der Waals surface area (Å²) in [7, 11) is 0. The maximum absolute atomic E-state index is 14.1. The molecule has 0 saturated carbocycles. The molecule has 67 heavy (non-hydrogen) atoms. The molecular weight excluding hydrogens is 883 g/mol. The molecule has 7 amide bonds. The summed E-state index contributed by atoms with van der Waals surface area (Å²) in [5, 5.41) is 56.0. The number of unbranched alkanes of at least 4 members (excludes halogenated alkanes) is 2. The molecule has 0 fully saturated rings. The Balaban J connectivity index is 6.55. The minimum Gasteiger partial charge on any atom is -0.481 e. The first-order valence-electron chi connectivity index (χ1n) is 22.6. The van der Waals surface area contributed by atoms with Crippen molar-refractivity contribution < 1.29 is 63.6 Å². The molecule has 0 bridgehead atoms. The van der Waals surface area contributed by atoms with Gasteiger partial charge in [-0.15, -0.1) is 0 Å². The fourth-order valence-corrected chi connectivity index (χ4v) is 6.38. The van der Waals surface area contributed by atoms with E-state index in [-0.39, 0.29) is 50.5 Å². The Morgan fingerprint density at radius 3 is 1.45 bits per heavy atom. The number of aliphatic carboxylic acids is 2. The molecule has 26 heteroatoms. The summed E-state index contributed by atoms with van der Waals surface area (Å²) in [5.41, 5.74) is 27.8. The highest BCUT2D eigenvalue weighted by Crippen LogP contribution is 2.13. The number of aliphatic imine (C=N–C) groups is 1. The molecule has 0 aromatic rings. The molecule has 0 aliphatic rings. The number of carbonyl (C=O) groups is 9. The highest BCUT2D eigenvalue weighted by Gasteiger charge is 2.36. The van der Waals surface area contributed by atoms with Crippen molar-refractivity contribution in [3.05, 3.63) is 0 Å². The van der Waals surface area contributed by atoms with Crippen molar-refractivity contribution in [1.29, 1.82) is 0 Å². The zero-order chi connectivity index (χ0) is 51.2. The number of nitrogens with zero attached hydrogens (tertiary/aromatic N) is 1. The van der Waals surface area contributed by atoms with Crippen molar-refractivity contribution in [2.24, 2.45) is 45.5 Å². The van der Waals surface area contributed by atoms with Gasteiger partial charge >= 0.3 is 11.9 Å². The fraction of sp³-hybridized carbons (Fsp3) is 0.756. The fourth-order valence-electron chi connectivity index (χ4n) is 6.38. The van der Waals surface area contributed by atoms with Crippen LogP contribution >= 0.6 is 0 Å². The second kappa shape index (κ2) is 33.7. The quantitative estimate of drug-likeness (QED) is 0.0159. The summed E-state index contributed by atoms with van der Waals surface area (Å²) in [5.74, 6) is -10.3. The van der Waals surface area contributed by atoms with Gasteiger partial charge in [0.25, 0.3) is 0 Å². The molecule has 9 unspecified atom stereocenters. The highest BCUT2D eigenvalue weighted by atomic mass is 16.4. The molecule has 26 nitrogen and oxygen atoms in total. The first-order chi connectivity index (χ1) is 31.6. The number of rotatable bonds is 36. The molecule has 0 saturated heterocycles. The molecule has 0 aromatic carbocycles. The maximum atomic E-state index is 14.1. The van der Waals surface area contributed by atoms with Gasteiger partial charge in [0.1, 0.15) is 42.3 Å². The number of carboxylic acids is 2. The van der Waals surface area contributed by atoms with E-state index in [0.29, 0.717) is 45.2 Å². The predicted octanol–water partition coefficient (Wildman–Crippen LogP) is -4.95. The Kier molecular flexibility index (Phi) is 30.9. The van der Waals surface area contributed by atoms with E-state index in [1.165, 1.54) is 0 Å². The third-order valence-electron chi connectivity index (χ3n) is 10.5. The van der Waals surface area contributed by atoms with E-state index >= 15 is 0 Å². The van der Waals surface area contributed by atoms with Crippen molar-refractivity contribution in [3.8, 4) is 0 Å². The molecular formula is C41H77N13O13. The van der Waals surface area contributed by atoms with Gasteiger partial charge in [0.15, 0.2) is 5.96 Å². The Labute approximate surface area is 390 Å². The monoisotopic (exact) mass is 960 g/mol. The lowest BCUT2D eigenvalue weighted by Gasteiger charge is -2.29. The van der Waals surface area contributed by atoms with Crippen LogP contribution in [0.5, 0.6) is 0 Å². The Bertz CT molecular complexity index is 1630. The molecule has 0 heterocycles. The van der Waals surface area contributed by atoms with Gasteiger partial charge in [0, 0.05) is 13.0 Å². The Hall–Kier alpha value is -5.70. The minimum atomic E-state index is -1.62. The number of guanidine groups is 1. The Morgan fingerprint density at radius 2 is 0.970 bits per heavy atom. The Morgan fingerprint density at radius 1 is 0.537 bits per heavy atom. The lowest BCUT2D eigenvalue weighted by atomic mass is 9.97. The average molecular weight is 960 g/mol. The molecule has 384 valence electrons. The SMILES string of the molecule is CCC(C)C(NC(=O)C(CCCN=C(N)N)NC(=O)C(CC(C)C)NC(=O)C(CCC(=O)O)NC(=O)C(CO)NC(=O)C(N)CCCCN)C(=O)NC(CO)C(=O)NC(CCCCN)C(=O)O. The smallest absolute Gasteiger partial charge is 0.326 e. The van der Waals surface area contributed by atoms with Crippen LogP contribution in [-0.2, 0) is 43.2 Å². The molecule has 0 rings (SSSR count). The van der Waals surface area contributed by atoms with E-state index in [0.717, 1.165) is 0 Å². The van der Waals surface area contributed by atoms with Crippen LogP contribution in [0.25, 0.3) is 0 Å². The second-order valence-corrected chi connectivity index (χ2v) is 16.6. The standard InChI is InChI=1S/C41H77N13O13/c1-5-23(4)32(39(65)53-30(21-56)38(64)50-27(40(66)67)12-7-9-17-43)54-35(61)25(13-10-18-47-41(45)46)48-36(62)28(19-22(2)3)51-34(60)26(14-15-31(57)58)49-37(63)29(20-55)52-33(59)24(44)11-6-8-16-42/h22-30,32,55-56H,5-21,42-44H2,1-4H3,(H,48,62)(H,49,63)(H,50,64)(H,51,60)(H,52,59)(H,53,65)(H,54,61)(H,57,58)(H,66,67)(H4,45,46,47). The van der Waals surface area contributed by atoms with Crippen molar-refractivity contribution in [1.82, 2.24) is 37.2 Å². The van der Waals surface area contributed by atoms with E-state index in [1.54, 1.807) is 27.7 Å². The predicted molar refractivity (Wildman–Crippen MR) is 245 cm³/mol. The molecule has 9 atom stereocenters. The van der Waals surface area contributed by atoms with Gasteiger partial charge in [-0.25, -0.2) is 4.79 Å². The summed E-state index contributed by atoms with van der Waals surface area (Å²) >= 11 is 0. The van der Waals surface area contributed by atoms with Crippen LogP contribution < -0.4 is 65.9 Å². The summed E-state index contributed by atoms with van der Waals surface area (Å²) < 4.78 is 0. The molecule has 0 radical (unpaired) electrons. The van der Waals surface area contributed by atoms with Gasteiger partial charge in [0.05, 0.1) is 19.3 Å². The minimum absolute atomic E-state index is 0.0146. The van der Waals surface area contributed by atoms with Gasteiger partial charge in [-0.3, -0.25) is 43.3 Å². The molecule has 0 aliphatic heterocycles. The number of amides is 7. The van der Waals surface area contributed by atoms with Crippen LogP contribution in [0.1, 0.15) is 105 Å². The molecule has 0 spiro atoms. The number of aliphatic hydroxyl groups excluding tert-OH is 2. The first-order valence-corrected chi connectivity index (χ1v) is 22.6. The van der Waals surface area contributed by atoms with Crippen molar-refractivity contribution in [2.75, 3.05) is 32.8 Å². The lowest BCUT2D eigenvalue weighted by Crippen LogP contribution is -2.61. The summed E-state index contributed by atoms with van der Waals surface area (Å²) in [6.07, 6.45) is 1.45. The van der Waals surface area contributed by atoms with E-state index in [4.69, 9.17) is 28.7 Å². The van der Waals surface area contributed by atoms with Crippen molar-refractivity contribution in [3.63, 3.8) is 0 Å². The maximum Gasteiger partial charge on any atom is 0.326 e. The number of hydrogen-bond acceptors (Lipinski definition) is 15. The summed E-state index contributed by atoms with van der Waals surface area (Å²) in [6, 6.07) is -11.3. The number of nitrogens with one attached hydrogen (secondary N) is 7. The van der Waals surface area contributed by atoms with Crippen LogP contribution in [0.4, 0.5) is 0 Å². The normalized spacial score (nSPS) is 15.1. The highest BCUT2D eigenvalue weighted by molar-refractivity contribution is 5.97. The van der Waals surface area contributed by atoms with Crippen LogP contribution in [0, 0.1) is 11.8 Å². The summed E-state index contributed by atoms with van der Waals surface area (Å²) in [4.78, 5) is 122. The van der Waals surface area contributed by atoms with Crippen LogP contribution in [0.2, 0.25) is 0 Å². The third-order valence-corrected chi connectivity index (χ3v) is 10.5. The molecule has 0 aliphatic carbocycles. The third kappa shape index (κ3) is 25.1. The number of carbonyl (C=O) groups excluding carboxylic acids is 7. The molecule has 21 N–H and O–H groups in total. The lowest BCUT2D eigenvalue weighted by molar-refractivity contribution is -0.143. The topological polar surface area (TPSA) is 461 Å². The van der Waals surface area contributed by atoms with Crippen LogP contribution in [-0.4, -0.2) is 161 Å².